The molecule has 0 spiro atoms. The molecular formula is C24H32N2O3S. The first kappa shape index (κ1) is 23.7. The van der Waals surface area contributed by atoms with Gasteiger partial charge >= 0.3 is 0 Å². The average molecular weight is 429 g/mol. The van der Waals surface area contributed by atoms with Crippen LogP contribution in [-0.2, 0) is 0 Å². The van der Waals surface area contributed by atoms with Crippen LogP contribution >= 0.6 is 12.2 Å². The van der Waals surface area contributed by atoms with E-state index in [1.165, 1.54) is 19.3 Å². The number of carbonyl (C=O) groups is 1. The summed E-state index contributed by atoms with van der Waals surface area (Å²) in [6, 6.07) is 14.6. The Hall–Kier alpha value is -2.60. The topological polar surface area (TPSA) is 59.6 Å². The molecule has 30 heavy (non-hydrogen) atoms. The van der Waals surface area contributed by atoms with Gasteiger partial charge in [-0.2, -0.15) is 0 Å². The number of unbranched alkanes of at least 4 members (excludes halogenated alkanes) is 3. The van der Waals surface area contributed by atoms with Gasteiger partial charge in [-0.05, 0) is 73.1 Å². The van der Waals surface area contributed by atoms with E-state index in [1.54, 1.807) is 24.3 Å². The average Bonchev–Trinajstić information content (AvgIpc) is 2.73. The summed E-state index contributed by atoms with van der Waals surface area (Å²) in [4.78, 5) is 12.4. The molecule has 2 N–H and O–H groups in total. The predicted molar refractivity (Wildman–Crippen MR) is 127 cm³/mol. The minimum Gasteiger partial charge on any atom is -0.494 e. The van der Waals surface area contributed by atoms with Gasteiger partial charge < -0.3 is 14.8 Å². The highest BCUT2D eigenvalue weighted by atomic mass is 32.1. The standard InChI is InChI=1S/C24H32N2O3S/c1-4-5-6-7-16-28-21-12-8-19(9-13-21)23(27)26-24(30)25-20-10-14-22(15-11-20)29-17-18(2)3/h8-15,18H,4-7,16-17H2,1-3H3,(H2,25,26,27,30). The second-order valence-corrected chi connectivity index (χ2v) is 7.98. The van der Waals surface area contributed by atoms with E-state index < -0.39 is 0 Å². The fraction of sp³-hybridized carbons (Fsp3) is 0.417. The first-order chi connectivity index (χ1) is 14.5. The Labute approximate surface area is 185 Å². The molecule has 5 nitrogen and oxygen atoms in total. The summed E-state index contributed by atoms with van der Waals surface area (Å²) in [6.45, 7) is 7.76. The number of hydrogen-bond donors (Lipinski definition) is 2. The molecule has 0 atom stereocenters. The van der Waals surface area contributed by atoms with Gasteiger partial charge in [0.15, 0.2) is 5.11 Å². The van der Waals surface area contributed by atoms with Gasteiger partial charge in [-0.3, -0.25) is 10.1 Å². The second kappa shape index (κ2) is 12.9. The maximum Gasteiger partial charge on any atom is 0.257 e. The normalized spacial score (nSPS) is 10.5. The molecule has 162 valence electrons. The molecule has 0 aromatic heterocycles. The summed E-state index contributed by atoms with van der Waals surface area (Å²) in [5, 5.41) is 5.95. The molecule has 0 bridgehead atoms. The molecule has 1 amide bonds. The summed E-state index contributed by atoms with van der Waals surface area (Å²) in [6.07, 6.45) is 4.65. The minimum absolute atomic E-state index is 0.243. The number of anilines is 1. The lowest BCUT2D eigenvalue weighted by molar-refractivity contribution is 0.0977. The second-order valence-electron chi connectivity index (χ2n) is 7.57. The van der Waals surface area contributed by atoms with E-state index in [2.05, 4.69) is 31.4 Å². The van der Waals surface area contributed by atoms with Crippen molar-refractivity contribution in [3.8, 4) is 11.5 Å². The van der Waals surface area contributed by atoms with E-state index in [0.29, 0.717) is 24.7 Å². The first-order valence-electron chi connectivity index (χ1n) is 10.6. The molecule has 2 aromatic rings. The van der Waals surface area contributed by atoms with Crippen molar-refractivity contribution < 1.29 is 14.3 Å². The van der Waals surface area contributed by atoms with Crippen LogP contribution < -0.4 is 20.1 Å². The van der Waals surface area contributed by atoms with Gasteiger partial charge in [-0.1, -0.05) is 40.0 Å². The molecule has 0 radical (unpaired) electrons. The number of amides is 1. The fourth-order valence-electron chi connectivity index (χ4n) is 2.66. The Morgan fingerprint density at radius 2 is 1.57 bits per heavy atom. The van der Waals surface area contributed by atoms with Crippen molar-refractivity contribution in [1.82, 2.24) is 5.32 Å². The van der Waals surface area contributed by atoms with Gasteiger partial charge in [0, 0.05) is 11.3 Å². The van der Waals surface area contributed by atoms with Crippen molar-refractivity contribution in [3.63, 3.8) is 0 Å². The summed E-state index contributed by atoms with van der Waals surface area (Å²) >= 11 is 5.25. The van der Waals surface area contributed by atoms with Crippen LogP contribution in [0.25, 0.3) is 0 Å². The maximum atomic E-state index is 12.4. The molecule has 2 rings (SSSR count). The Morgan fingerprint density at radius 1 is 0.933 bits per heavy atom. The Morgan fingerprint density at radius 3 is 2.20 bits per heavy atom. The van der Waals surface area contributed by atoms with Gasteiger partial charge in [0.1, 0.15) is 11.5 Å². The number of hydrogen-bond acceptors (Lipinski definition) is 4. The van der Waals surface area contributed by atoms with Crippen molar-refractivity contribution in [2.75, 3.05) is 18.5 Å². The Kier molecular flexibility index (Phi) is 10.1. The number of rotatable bonds is 11. The summed E-state index contributed by atoms with van der Waals surface area (Å²) in [7, 11) is 0. The monoisotopic (exact) mass is 428 g/mol. The van der Waals surface area contributed by atoms with Crippen LogP contribution in [-0.4, -0.2) is 24.2 Å². The molecular weight excluding hydrogens is 396 g/mol. The van der Waals surface area contributed by atoms with E-state index in [-0.39, 0.29) is 11.0 Å². The third-order valence-electron chi connectivity index (χ3n) is 4.31. The largest absolute Gasteiger partial charge is 0.494 e. The van der Waals surface area contributed by atoms with Gasteiger partial charge in [0.05, 0.1) is 13.2 Å². The van der Waals surface area contributed by atoms with Gasteiger partial charge in [0.2, 0.25) is 0 Å². The third kappa shape index (κ3) is 8.82. The zero-order valence-electron chi connectivity index (χ0n) is 18.1. The highest BCUT2D eigenvalue weighted by Crippen LogP contribution is 2.17. The lowest BCUT2D eigenvalue weighted by Gasteiger charge is -2.12. The van der Waals surface area contributed by atoms with Crippen molar-refractivity contribution in [2.24, 2.45) is 5.92 Å². The molecule has 0 saturated heterocycles. The fourth-order valence-corrected chi connectivity index (χ4v) is 2.87. The maximum absolute atomic E-state index is 12.4. The minimum atomic E-state index is -0.265. The predicted octanol–water partition coefficient (Wildman–Crippen LogP) is 5.81. The highest BCUT2D eigenvalue weighted by molar-refractivity contribution is 7.80. The van der Waals surface area contributed by atoms with E-state index >= 15 is 0 Å². The molecule has 0 aliphatic rings. The van der Waals surface area contributed by atoms with Crippen LogP contribution in [0.4, 0.5) is 5.69 Å². The van der Waals surface area contributed by atoms with Gasteiger partial charge in [-0.15, -0.1) is 0 Å². The van der Waals surface area contributed by atoms with Crippen molar-refractivity contribution in [2.45, 2.75) is 46.5 Å². The quantitative estimate of drug-likeness (QED) is 0.349. The highest BCUT2D eigenvalue weighted by Gasteiger charge is 2.08. The lowest BCUT2D eigenvalue weighted by Crippen LogP contribution is -2.34. The summed E-state index contributed by atoms with van der Waals surface area (Å²) < 4.78 is 11.4. The number of carbonyl (C=O) groups excluding carboxylic acids is 1. The van der Waals surface area contributed by atoms with Crippen molar-refractivity contribution >= 4 is 28.9 Å². The number of benzene rings is 2. The Bertz CT molecular complexity index is 789. The molecule has 6 heteroatoms. The van der Waals surface area contributed by atoms with E-state index in [4.69, 9.17) is 21.7 Å². The third-order valence-corrected chi connectivity index (χ3v) is 4.51. The van der Waals surface area contributed by atoms with Crippen molar-refractivity contribution in [1.29, 1.82) is 0 Å². The number of ether oxygens (including phenoxy) is 2. The van der Waals surface area contributed by atoms with E-state index in [1.807, 2.05) is 24.3 Å². The molecule has 0 fully saturated rings. The first-order valence-corrected chi connectivity index (χ1v) is 11.0. The van der Waals surface area contributed by atoms with E-state index in [9.17, 15) is 4.79 Å². The summed E-state index contributed by atoms with van der Waals surface area (Å²) in [5.74, 6) is 1.77. The van der Waals surface area contributed by atoms with Crippen LogP contribution in [0.15, 0.2) is 48.5 Å². The smallest absolute Gasteiger partial charge is 0.257 e. The van der Waals surface area contributed by atoms with Crippen LogP contribution in [0.3, 0.4) is 0 Å². The molecule has 0 heterocycles. The molecule has 0 unspecified atom stereocenters. The van der Waals surface area contributed by atoms with E-state index in [0.717, 1.165) is 23.6 Å². The van der Waals surface area contributed by atoms with Crippen LogP contribution in [0.1, 0.15) is 56.8 Å². The number of thiocarbonyl (C=S) groups is 1. The van der Waals surface area contributed by atoms with Gasteiger partial charge in [0.25, 0.3) is 5.91 Å². The van der Waals surface area contributed by atoms with Crippen molar-refractivity contribution in [3.05, 3.63) is 54.1 Å². The Balaban J connectivity index is 1.77. The molecule has 0 aliphatic carbocycles. The van der Waals surface area contributed by atoms with Crippen LogP contribution in [0.2, 0.25) is 0 Å². The molecule has 0 saturated carbocycles. The summed E-state index contributed by atoms with van der Waals surface area (Å²) in [5.41, 5.74) is 1.30. The molecule has 0 aliphatic heterocycles. The van der Waals surface area contributed by atoms with Crippen LogP contribution in [0, 0.1) is 5.92 Å². The zero-order chi connectivity index (χ0) is 21.8. The molecule has 2 aromatic carbocycles. The van der Waals surface area contributed by atoms with Crippen LogP contribution in [0.5, 0.6) is 11.5 Å². The zero-order valence-corrected chi connectivity index (χ0v) is 18.9. The SMILES string of the molecule is CCCCCCOc1ccc(C(=O)NC(=S)Nc2ccc(OCC(C)C)cc2)cc1. The number of nitrogens with one attached hydrogen (secondary N) is 2. The lowest BCUT2D eigenvalue weighted by atomic mass is 10.2. The van der Waals surface area contributed by atoms with Gasteiger partial charge in [-0.25, -0.2) is 0 Å².